The molecule has 1 aliphatic heterocycles. The highest BCUT2D eigenvalue weighted by Crippen LogP contribution is 2.17. The number of nitrogens with zero attached hydrogens (tertiary/aromatic N) is 4. The highest BCUT2D eigenvalue weighted by molar-refractivity contribution is 7.91. The van der Waals surface area contributed by atoms with Crippen LogP contribution in [0.3, 0.4) is 0 Å². The minimum atomic E-state index is -3.23. The fourth-order valence-electron chi connectivity index (χ4n) is 3.50. The molecule has 0 saturated heterocycles. The van der Waals surface area contributed by atoms with Crippen LogP contribution in [0.1, 0.15) is 46.3 Å². The zero-order valence-corrected chi connectivity index (χ0v) is 20.3. The van der Waals surface area contributed by atoms with Crippen molar-refractivity contribution in [2.45, 2.75) is 77.4 Å². The van der Waals surface area contributed by atoms with Crippen molar-refractivity contribution in [2.24, 2.45) is 0 Å². The maximum atomic E-state index is 12.0. The van der Waals surface area contributed by atoms with Crippen LogP contribution in [0.25, 0.3) is 0 Å². The molecule has 0 aliphatic carbocycles. The Kier molecular flexibility index (Phi) is 8.42. The van der Waals surface area contributed by atoms with Gasteiger partial charge in [-0.25, -0.2) is 22.9 Å². The second kappa shape index (κ2) is 10.2. The molecule has 2 rings (SSSR count). The number of hydrogen-bond acceptors (Lipinski definition) is 9. The molecule has 12 heteroatoms. The van der Waals surface area contributed by atoms with E-state index in [-0.39, 0.29) is 18.7 Å². The number of sulfone groups is 1. The van der Waals surface area contributed by atoms with Crippen molar-refractivity contribution in [3.05, 3.63) is 11.6 Å². The number of carbonyl (C=O) groups is 1. The van der Waals surface area contributed by atoms with E-state index in [0.29, 0.717) is 32.1 Å². The number of nitrogens with one attached hydrogen (secondary N) is 2. The van der Waals surface area contributed by atoms with E-state index in [9.17, 15) is 13.2 Å². The van der Waals surface area contributed by atoms with E-state index in [4.69, 9.17) is 9.47 Å². The molecule has 0 fully saturated rings. The average molecular weight is 461 g/mol. The van der Waals surface area contributed by atoms with E-state index < -0.39 is 26.9 Å². The zero-order valence-electron chi connectivity index (χ0n) is 19.5. The second-order valence-corrected chi connectivity index (χ2v) is 11.1. The molecule has 2 N–H and O–H groups in total. The topological polar surface area (TPSA) is 128 Å². The van der Waals surface area contributed by atoms with Crippen LogP contribution >= 0.6 is 0 Å². The number of carbonyl (C=O) groups excluding carboxylic acids is 1. The Morgan fingerprint density at radius 3 is 2.52 bits per heavy atom. The molecule has 2 heterocycles. The molecule has 0 bridgehead atoms. The first kappa shape index (κ1) is 25.5. The molecule has 1 aliphatic rings. The summed E-state index contributed by atoms with van der Waals surface area (Å²) in [4.78, 5) is 18.4. The number of fused-ring (bicyclic) bond motifs is 1. The van der Waals surface area contributed by atoms with Crippen LogP contribution in [-0.2, 0) is 39.0 Å². The maximum Gasteiger partial charge on any atom is 0.407 e. The molecule has 1 aromatic rings. The van der Waals surface area contributed by atoms with E-state index in [1.807, 2.05) is 39.3 Å². The number of likely N-dealkylation sites (N-methyl/N-ethyl adjacent to an activating group) is 1. The number of hydrogen-bond donors (Lipinski definition) is 2. The third-order valence-electron chi connectivity index (χ3n) is 4.86. The van der Waals surface area contributed by atoms with Crippen LogP contribution in [0.2, 0.25) is 0 Å². The van der Waals surface area contributed by atoms with Crippen molar-refractivity contribution >= 4 is 15.9 Å². The summed E-state index contributed by atoms with van der Waals surface area (Å²) in [7, 11) is -1.57. The van der Waals surface area contributed by atoms with Gasteiger partial charge in [-0.2, -0.15) is 5.10 Å². The summed E-state index contributed by atoms with van der Waals surface area (Å²) in [6, 6.07) is -0.428. The summed E-state index contributed by atoms with van der Waals surface area (Å²) in [6.45, 7) is 11.5. The molecule has 3 atom stereocenters. The first-order valence-corrected chi connectivity index (χ1v) is 12.4. The van der Waals surface area contributed by atoms with Crippen molar-refractivity contribution < 1.29 is 22.7 Å². The normalized spacial score (nSPS) is 18.2. The van der Waals surface area contributed by atoms with Crippen molar-refractivity contribution in [2.75, 3.05) is 26.5 Å². The van der Waals surface area contributed by atoms with Gasteiger partial charge in [-0.05, 0) is 41.7 Å². The van der Waals surface area contributed by atoms with Gasteiger partial charge in [-0.15, -0.1) is 0 Å². The summed E-state index contributed by atoms with van der Waals surface area (Å²) in [5.74, 6) is 1.34. The van der Waals surface area contributed by atoms with E-state index >= 15 is 0 Å². The van der Waals surface area contributed by atoms with Gasteiger partial charge in [0.1, 0.15) is 23.4 Å². The van der Waals surface area contributed by atoms with Gasteiger partial charge in [0.05, 0.1) is 25.7 Å². The monoisotopic (exact) mass is 460 g/mol. The fraction of sp³-hybridized carbons (Fsp3) is 0.842. The molecule has 0 spiro atoms. The van der Waals surface area contributed by atoms with Crippen molar-refractivity contribution in [1.82, 2.24) is 30.3 Å². The number of aromatic nitrogens is 3. The molecule has 1 unspecified atom stereocenters. The van der Waals surface area contributed by atoms with Crippen LogP contribution in [0, 0.1) is 0 Å². The highest BCUT2D eigenvalue weighted by Gasteiger charge is 2.32. The summed E-state index contributed by atoms with van der Waals surface area (Å²) >= 11 is 0. The number of ether oxygens (including phenoxy) is 2. The molecule has 1 amide bonds. The van der Waals surface area contributed by atoms with Crippen LogP contribution in [0.5, 0.6) is 0 Å². The second-order valence-electron chi connectivity index (χ2n) is 8.98. The molecule has 0 radical (unpaired) electrons. The number of alkyl carbamates (subject to hydrolysis) is 1. The molecular formula is C19H36N6O5S. The van der Waals surface area contributed by atoms with Gasteiger partial charge in [-0.3, -0.25) is 4.90 Å². The van der Waals surface area contributed by atoms with Gasteiger partial charge in [0.2, 0.25) is 0 Å². The van der Waals surface area contributed by atoms with Crippen molar-refractivity contribution in [1.29, 1.82) is 0 Å². The molecule has 1 aromatic heterocycles. The van der Waals surface area contributed by atoms with Gasteiger partial charge in [-0.1, -0.05) is 0 Å². The van der Waals surface area contributed by atoms with Crippen molar-refractivity contribution in [3.63, 3.8) is 0 Å². The zero-order chi connectivity index (χ0) is 23.4. The summed E-state index contributed by atoms with van der Waals surface area (Å²) in [5.41, 5.74) is -0.552. The summed E-state index contributed by atoms with van der Waals surface area (Å²) < 4.78 is 36.8. The van der Waals surface area contributed by atoms with Gasteiger partial charge in [0, 0.05) is 18.8 Å². The minimum Gasteiger partial charge on any atom is -0.444 e. The molecule has 0 aromatic carbocycles. The largest absolute Gasteiger partial charge is 0.444 e. The Labute approximate surface area is 184 Å². The predicted molar refractivity (Wildman–Crippen MR) is 116 cm³/mol. The quantitative estimate of drug-likeness (QED) is 0.541. The third-order valence-corrected chi connectivity index (χ3v) is 6.41. The lowest BCUT2D eigenvalue weighted by atomic mass is 10.2. The molecule has 31 heavy (non-hydrogen) atoms. The van der Waals surface area contributed by atoms with Gasteiger partial charge in [0.25, 0.3) is 0 Å². The number of rotatable bonds is 9. The Morgan fingerprint density at radius 2 is 1.94 bits per heavy atom. The lowest BCUT2D eigenvalue weighted by molar-refractivity contribution is 0.0437. The van der Waals surface area contributed by atoms with Gasteiger partial charge >= 0.3 is 6.09 Å². The SMILES string of the molecule is CN[C@H](C(C)N1CCn2nc(COC[C@H](C)NC(=O)OC(C)(C)C)nc2C1)S(C)(=O)=O. The Hall–Kier alpha value is -1.76. The molecule has 0 saturated carbocycles. The van der Waals surface area contributed by atoms with Crippen molar-refractivity contribution in [3.8, 4) is 0 Å². The lowest BCUT2D eigenvalue weighted by Crippen LogP contribution is -2.53. The van der Waals surface area contributed by atoms with Gasteiger partial charge in [0.15, 0.2) is 15.7 Å². The lowest BCUT2D eigenvalue weighted by Gasteiger charge is -2.35. The Morgan fingerprint density at radius 1 is 1.26 bits per heavy atom. The van der Waals surface area contributed by atoms with E-state index in [1.165, 1.54) is 6.26 Å². The molecular weight excluding hydrogens is 424 g/mol. The smallest absolute Gasteiger partial charge is 0.407 e. The molecule has 178 valence electrons. The first-order chi connectivity index (χ1) is 14.3. The van der Waals surface area contributed by atoms with Crippen LogP contribution < -0.4 is 10.6 Å². The van der Waals surface area contributed by atoms with E-state index in [1.54, 1.807) is 7.05 Å². The Bertz CT molecular complexity index is 850. The summed E-state index contributed by atoms with van der Waals surface area (Å²) in [5, 5.41) is 9.45. The average Bonchev–Trinajstić information content (AvgIpc) is 3.00. The minimum absolute atomic E-state index is 0.204. The summed E-state index contributed by atoms with van der Waals surface area (Å²) in [6.07, 6.45) is 0.757. The van der Waals surface area contributed by atoms with Gasteiger partial charge < -0.3 is 20.1 Å². The van der Waals surface area contributed by atoms with Crippen LogP contribution in [0.15, 0.2) is 0 Å². The maximum absolute atomic E-state index is 12.0. The fourth-order valence-corrected chi connectivity index (χ4v) is 4.81. The highest BCUT2D eigenvalue weighted by atomic mass is 32.2. The van der Waals surface area contributed by atoms with Crippen LogP contribution in [0.4, 0.5) is 4.79 Å². The first-order valence-electron chi connectivity index (χ1n) is 10.4. The van der Waals surface area contributed by atoms with E-state index in [2.05, 4.69) is 25.6 Å². The number of amides is 1. The standard InChI is InChI=1S/C19H36N6O5S/c1-13(21-18(26)30-19(3,4)5)11-29-12-15-22-16-10-24(8-9-25(16)23-15)14(2)17(20-6)31(7,27)28/h13-14,17,20H,8-12H2,1-7H3,(H,21,26)/t13-,14?,17-/m0/s1. The Balaban J connectivity index is 1.86. The predicted octanol–water partition coefficient (Wildman–Crippen LogP) is 0.502. The van der Waals surface area contributed by atoms with E-state index in [0.717, 1.165) is 5.82 Å². The van der Waals surface area contributed by atoms with Crippen LogP contribution in [-0.4, -0.2) is 83.7 Å². The third kappa shape index (κ3) is 7.70. The molecule has 11 nitrogen and oxygen atoms in total.